The number of ether oxygens (including phenoxy) is 1. The summed E-state index contributed by atoms with van der Waals surface area (Å²) in [4.78, 5) is 4.36. The number of aryl methyl sites for hydroxylation is 1. The molecular weight excluding hydrogens is 262 g/mol. The molecule has 4 heteroatoms. The number of halogens is 1. The zero-order valence-corrected chi connectivity index (χ0v) is 11.7. The summed E-state index contributed by atoms with van der Waals surface area (Å²) >= 11 is 6.11. The summed E-state index contributed by atoms with van der Waals surface area (Å²) in [6, 6.07) is 11.1. The summed E-state index contributed by atoms with van der Waals surface area (Å²) in [5, 5.41) is 9.96. The number of aromatic nitrogens is 1. The van der Waals surface area contributed by atoms with E-state index in [0.29, 0.717) is 17.4 Å². The molecule has 0 saturated heterocycles. The Balaban J connectivity index is 2.07. The van der Waals surface area contributed by atoms with Gasteiger partial charge < -0.3 is 9.84 Å². The van der Waals surface area contributed by atoms with Gasteiger partial charge in [0.05, 0.1) is 16.8 Å². The van der Waals surface area contributed by atoms with Crippen LogP contribution in [0.4, 0.5) is 0 Å². The lowest BCUT2D eigenvalue weighted by Crippen LogP contribution is -2.00. The maximum atomic E-state index is 9.47. The molecule has 0 aliphatic carbocycles. The predicted octanol–water partition coefficient (Wildman–Crippen LogP) is 3.68. The van der Waals surface area contributed by atoms with Crippen LogP contribution in [0.5, 0.6) is 5.75 Å². The predicted molar refractivity (Wildman–Crippen MR) is 75.4 cm³/mol. The van der Waals surface area contributed by atoms with Gasteiger partial charge in [-0.3, -0.25) is 4.98 Å². The third-order valence-corrected chi connectivity index (χ3v) is 3.06. The molecule has 0 amide bonds. The van der Waals surface area contributed by atoms with E-state index in [9.17, 15) is 5.11 Å². The topological polar surface area (TPSA) is 42.4 Å². The van der Waals surface area contributed by atoms with Crippen molar-refractivity contribution in [3.63, 3.8) is 0 Å². The Morgan fingerprint density at radius 1 is 1.32 bits per heavy atom. The van der Waals surface area contributed by atoms with Crippen molar-refractivity contribution in [3.8, 4) is 5.75 Å². The molecule has 0 spiro atoms. The molecule has 1 N–H and O–H groups in total. The van der Waals surface area contributed by atoms with E-state index in [1.807, 2.05) is 25.1 Å². The minimum atomic E-state index is -0.537. The van der Waals surface area contributed by atoms with E-state index in [-0.39, 0.29) is 0 Å². The smallest absolute Gasteiger partial charge is 0.138 e. The molecule has 1 aromatic carbocycles. The highest BCUT2D eigenvalue weighted by Gasteiger charge is 2.07. The Hall–Kier alpha value is -1.58. The molecule has 1 aromatic heterocycles. The second-order valence-electron chi connectivity index (χ2n) is 4.42. The third-order valence-electron chi connectivity index (χ3n) is 2.76. The van der Waals surface area contributed by atoms with Gasteiger partial charge in [-0.15, -0.1) is 0 Å². The quantitative estimate of drug-likeness (QED) is 0.927. The molecule has 1 heterocycles. The Morgan fingerprint density at radius 3 is 2.74 bits per heavy atom. The van der Waals surface area contributed by atoms with Crippen molar-refractivity contribution >= 4 is 11.6 Å². The molecule has 100 valence electrons. The van der Waals surface area contributed by atoms with Gasteiger partial charge in [-0.2, -0.15) is 0 Å². The van der Waals surface area contributed by atoms with Crippen LogP contribution in [0, 0.1) is 6.92 Å². The van der Waals surface area contributed by atoms with Crippen molar-refractivity contribution < 1.29 is 9.84 Å². The van der Waals surface area contributed by atoms with E-state index in [1.54, 1.807) is 25.1 Å². The Bertz CT molecular complexity index is 570. The fourth-order valence-electron chi connectivity index (χ4n) is 1.73. The molecule has 0 bridgehead atoms. The van der Waals surface area contributed by atoms with Crippen LogP contribution in [-0.4, -0.2) is 10.1 Å². The van der Waals surface area contributed by atoms with E-state index in [1.165, 1.54) is 0 Å². The molecule has 0 aliphatic rings. The zero-order valence-electron chi connectivity index (χ0n) is 10.9. The number of nitrogens with zero attached hydrogens (tertiary/aromatic N) is 1. The standard InChI is InChI=1S/C15H16ClNO2/c1-10-4-3-5-13(17-10)9-19-15-7-6-12(11(2)18)8-14(15)16/h3-8,11,18H,9H2,1-2H3/t11-/m1/s1. The Morgan fingerprint density at radius 2 is 2.11 bits per heavy atom. The number of aliphatic hydroxyl groups excluding tert-OH is 1. The monoisotopic (exact) mass is 277 g/mol. The number of hydrogen-bond donors (Lipinski definition) is 1. The molecule has 2 rings (SSSR count). The van der Waals surface area contributed by atoms with Crippen molar-refractivity contribution in [1.29, 1.82) is 0 Å². The summed E-state index contributed by atoms with van der Waals surface area (Å²) < 4.78 is 5.64. The third kappa shape index (κ3) is 3.69. The van der Waals surface area contributed by atoms with Crippen molar-refractivity contribution in [2.24, 2.45) is 0 Å². The van der Waals surface area contributed by atoms with Crippen molar-refractivity contribution in [3.05, 3.63) is 58.4 Å². The van der Waals surface area contributed by atoms with E-state index in [4.69, 9.17) is 16.3 Å². The van der Waals surface area contributed by atoms with Crippen molar-refractivity contribution in [1.82, 2.24) is 4.98 Å². The highest BCUT2D eigenvalue weighted by atomic mass is 35.5. The van der Waals surface area contributed by atoms with Crippen LogP contribution in [0.3, 0.4) is 0 Å². The maximum Gasteiger partial charge on any atom is 0.138 e. The first-order chi connectivity index (χ1) is 9.06. The van der Waals surface area contributed by atoms with Gasteiger partial charge in [0.1, 0.15) is 12.4 Å². The van der Waals surface area contributed by atoms with Crippen molar-refractivity contribution in [2.75, 3.05) is 0 Å². The summed E-state index contributed by atoms with van der Waals surface area (Å²) in [6.45, 7) is 4.01. The average Bonchev–Trinajstić information content (AvgIpc) is 2.37. The summed E-state index contributed by atoms with van der Waals surface area (Å²) in [5.41, 5.74) is 2.58. The lowest BCUT2D eigenvalue weighted by atomic mass is 10.1. The van der Waals surface area contributed by atoms with E-state index in [0.717, 1.165) is 17.0 Å². The minimum Gasteiger partial charge on any atom is -0.486 e. The lowest BCUT2D eigenvalue weighted by molar-refractivity contribution is 0.199. The molecule has 3 nitrogen and oxygen atoms in total. The fourth-order valence-corrected chi connectivity index (χ4v) is 1.97. The van der Waals surface area contributed by atoms with Gasteiger partial charge in [0, 0.05) is 5.69 Å². The largest absolute Gasteiger partial charge is 0.486 e. The van der Waals surface area contributed by atoms with Crippen LogP contribution in [0.2, 0.25) is 5.02 Å². The van der Waals surface area contributed by atoms with Gasteiger partial charge in [-0.1, -0.05) is 23.7 Å². The van der Waals surface area contributed by atoms with Gasteiger partial charge in [-0.25, -0.2) is 0 Å². The minimum absolute atomic E-state index is 0.370. The van der Waals surface area contributed by atoms with Gasteiger partial charge >= 0.3 is 0 Å². The van der Waals surface area contributed by atoms with E-state index >= 15 is 0 Å². The second-order valence-corrected chi connectivity index (χ2v) is 4.83. The number of rotatable bonds is 4. The Kier molecular flexibility index (Phi) is 4.40. The number of benzene rings is 1. The molecule has 0 saturated carbocycles. The summed E-state index contributed by atoms with van der Waals surface area (Å²) in [6.07, 6.45) is -0.537. The lowest BCUT2D eigenvalue weighted by Gasteiger charge is -2.10. The second kappa shape index (κ2) is 6.04. The van der Waals surface area contributed by atoms with Crippen LogP contribution in [-0.2, 0) is 6.61 Å². The molecular formula is C15H16ClNO2. The van der Waals surface area contributed by atoms with Crippen LogP contribution < -0.4 is 4.74 Å². The van der Waals surface area contributed by atoms with Crippen LogP contribution >= 0.6 is 11.6 Å². The highest BCUT2D eigenvalue weighted by Crippen LogP contribution is 2.28. The van der Waals surface area contributed by atoms with Crippen molar-refractivity contribution in [2.45, 2.75) is 26.6 Å². The van der Waals surface area contributed by atoms with Gasteiger partial charge in [0.25, 0.3) is 0 Å². The van der Waals surface area contributed by atoms with Crippen LogP contribution in [0.1, 0.15) is 30.0 Å². The first-order valence-electron chi connectivity index (χ1n) is 6.09. The van der Waals surface area contributed by atoms with Gasteiger partial charge in [0.2, 0.25) is 0 Å². The van der Waals surface area contributed by atoms with Gasteiger partial charge in [-0.05, 0) is 43.7 Å². The van der Waals surface area contributed by atoms with Crippen LogP contribution in [0.25, 0.3) is 0 Å². The fraction of sp³-hybridized carbons (Fsp3) is 0.267. The number of hydrogen-bond acceptors (Lipinski definition) is 3. The normalized spacial score (nSPS) is 12.2. The maximum absolute atomic E-state index is 9.47. The van der Waals surface area contributed by atoms with E-state index in [2.05, 4.69) is 4.98 Å². The molecule has 0 aliphatic heterocycles. The first-order valence-corrected chi connectivity index (χ1v) is 6.47. The van der Waals surface area contributed by atoms with Crippen LogP contribution in [0.15, 0.2) is 36.4 Å². The average molecular weight is 278 g/mol. The molecule has 1 atom stereocenters. The summed E-state index contributed by atoms with van der Waals surface area (Å²) in [5.74, 6) is 0.592. The molecule has 2 aromatic rings. The number of pyridine rings is 1. The molecule has 0 fully saturated rings. The zero-order chi connectivity index (χ0) is 13.8. The van der Waals surface area contributed by atoms with Gasteiger partial charge in [0.15, 0.2) is 0 Å². The molecule has 0 unspecified atom stereocenters. The molecule has 19 heavy (non-hydrogen) atoms. The number of aliphatic hydroxyl groups is 1. The van der Waals surface area contributed by atoms with E-state index < -0.39 is 6.10 Å². The summed E-state index contributed by atoms with van der Waals surface area (Å²) in [7, 11) is 0. The highest BCUT2D eigenvalue weighted by molar-refractivity contribution is 6.32. The Labute approximate surface area is 117 Å². The SMILES string of the molecule is Cc1cccc(COc2ccc([C@@H](C)O)cc2Cl)n1. The first kappa shape index (κ1) is 13.8. The molecule has 0 radical (unpaired) electrons.